The summed E-state index contributed by atoms with van der Waals surface area (Å²) in [7, 11) is 2.25. The first kappa shape index (κ1) is 12.1. The molecular weight excluding hydrogens is 200 g/mol. The fourth-order valence-corrected chi connectivity index (χ4v) is 2.93. The van der Waals surface area contributed by atoms with Gasteiger partial charge in [-0.3, -0.25) is 14.6 Å². The molecule has 92 valence electrons. The van der Waals surface area contributed by atoms with Gasteiger partial charge < -0.3 is 0 Å². The maximum atomic E-state index is 11.8. The Bertz CT molecular complexity index is 265. The van der Waals surface area contributed by atoms with E-state index in [2.05, 4.69) is 16.8 Å². The number of carbonyl (C=O) groups is 1. The molecule has 3 nitrogen and oxygen atoms in total. The predicted molar refractivity (Wildman–Crippen MR) is 65.5 cm³/mol. The number of hydrogen-bond acceptors (Lipinski definition) is 3. The molecule has 0 aliphatic carbocycles. The van der Waals surface area contributed by atoms with Crippen molar-refractivity contribution in [2.45, 2.75) is 45.2 Å². The van der Waals surface area contributed by atoms with E-state index in [1.54, 1.807) is 0 Å². The molecule has 2 unspecified atom stereocenters. The summed E-state index contributed by atoms with van der Waals surface area (Å²) in [5.41, 5.74) is 0. The van der Waals surface area contributed by atoms with Crippen LogP contribution in [0.4, 0.5) is 0 Å². The Morgan fingerprint density at radius 1 is 1.25 bits per heavy atom. The van der Waals surface area contributed by atoms with Gasteiger partial charge in [0.1, 0.15) is 5.78 Å². The summed E-state index contributed by atoms with van der Waals surface area (Å²) in [6, 6.07) is 1.46. The van der Waals surface area contributed by atoms with Gasteiger partial charge in [-0.1, -0.05) is 13.8 Å². The van der Waals surface area contributed by atoms with Gasteiger partial charge in [0, 0.05) is 31.1 Å². The molecule has 0 aromatic carbocycles. The second-order valence-corrected chi connectivity index (χ2v) is 5.70. The van der Waals surface area contributed by atoms with Crippen molar-refractivity contribution in [2.24, 2.45) is 5.92 Å². The maximum Gasteiger partial charge on any atom is 0.149 e. The molecule has 0 aromatic heterocycles. The first-order valence-electron chi connectivity index (χ1n) is 6.55. The number of fused-ring (bicyclic) bond motifs is 2. The standard InChI is InChI=1S/C13H24N2O/c1-10(2)13(16)9-15-7-6-11-4-5-12(8-15)14(11)3/h10-12H,4-9H2,1-3H3. The van der Waals surface area contributed by atoms with Crippen molar-refractivity contribution in [3.8, 4) is 0 Å². The van der Waals surface area contributed by atoms with E-state index in [4.69, 9.17) is 0 Å². The van der Waals surface area contributed by atoms with Crippen molar-refractivity contribution in [2.75, 3.05) is 26.7 Å². The molecule has 2 aliphatic heterocycles. The third-order valence-corrected chi connectivity index (χ3v) is 4.26. The number of rotatable bonds is 3. The van der Waals surface area contributed by atoms with Crippen LogP contribution in [0.3, 0.4) is 0 Å². The smallest absolute Gasteiger partial charge is 0.149 e. The zero-order valence-corrected chi connectivity index (χ0v) is 10.8. The van der Waals surface area contributed by atoms with Crippen molar-refractivity contribution in [3.63, 3.8) is 0 Å². The summed E-state index contributed by atoms with van der Waals surface area (Å²) < 4.78 is 0. The molecular formula is C13H24N2O. The van der Waals surface area contributed by atoms with Gasteiger partial charge in [-0.05, 0) is 26.3 Å². The highest BCUT2D eigenvalue weighted by atomic mass is 16.1. The first-order valence-corrected chi connectivity index (χ1v) is 6.55. The van der Waals surface area contributed by atoms with E-state index < -0.39 is 0 Å². The maximum absolute atomic E-state index is 11.8. The van der Waals surface area contributed by atoms with Gasteiger partial charge >= 0.3 is 0 Å². The van der Waals surface area contributed by atoms with Crippen molar-refractivity contribution >= 4 is 5.78 Å². The lowest BCUT2D eigenvalue weighted by Crippen LogP contribution is -2.39. The van der Waals surface area contributed by atoms with Crippen LogP contribution >= 0.6 is 0 Å². The SMILES string of the molecule is CC(C)C(=O)CN1CCC2CCC(C1)N2C. The molecule has 2 bridgehead atoms. The van der Waals surface area contributed by atoms with Crippen LogP contribution in [-0.4, -0.2) is 54.3 Å². The van der Waals surface area contributed by atoms with E-state index in [1.807, 2.05) is 13.8 Å². The van der Waals surface area contributed by atoms with Gasteiger partial charge in [0.15, 0.2) is 0 Å². The number of hydrogen-bond donors (Lipinski definition) is 0. The normalized spacial score (nSPS) is 32.0. The number of carbonyl (C=O) groups excluding carboxylic acids is 1. The number of likely N-dealkylation sites (N-methyl/N-ethyl adjacent to an activating group) is 1. The van der Waals surface area contributed by atoms with Crippen LogP contribution in [0.15, 0.2) is 0 Å². The minimum absolute atomic E-state index is 0.179. The molecule has 0 N–H and O–H groups in total. The molecule has 3 heteroatoms. The molecule has 16 heavy (non-hydrogen) atoms. The Labute approximate surface area is 98.8 Å². The molecule has 2 aliphatic rings. The topological polar surface area (TPSA) is 23.6 Å². The largest absolute Gasteiger partial charge is 0.299 e. The second kappa shape index (κ2) is 4.84. The van der Waals surface area contributed by atoms with E-state index in [-0.39, 0.29) is 5.92 Å². The molecule has 2 heterocycles. The Morgan fingerprint density at radius 3 is 2.62 bits per heavy atom. The lowest BCUT2D eigenvalue weighted by molar-refractivity contribution is -0.123. The molecule has 2 atom stereocenters. The highest BCUT2D eigenvalue weighted by molar-refractivity contribution is 5.82. The average Bonchev–Trinajstić information content (AvgIpc) is 2.46. The van der Waals surface area contributed by atoms with E-state index in [9.17, 15) is 4.79 Å². The monoisotopic (exact) mass is 224 g/mol. The summed E-state index contributed by atoms with van der Waals surface area (Å²) in [5.74, 6) is 0.568. The zero-order valence-electron chi connectivity index (χ0n) is 10.8. The number of nitrogens with zero attached hydrogens (tertiary/aromatic N) is 2. The van der Waals surface area contributed by atoms with E-state index in [1.165, 1.54) is 19.3 Å². The van der Waals surface area contributed by atoms with Gasteiger partial charge in [0.2, 0.25) is 0 Å². The minimum atomic E-state index is 0.179. The molecule has 0 aromatic rings. The summed E-state index contributed by atoms with van der Waals surface area (Å²) in [6.45, 7) is 6.85. The molecule has 0 radical (unpaired) electrons. The number of ketones is 1. The van der Waals surface area contributed by atoms with Crippen molar-refractivity contribution in [1.82, 2.24) is 9.80 Å². The Morgan fingerprint density at radius 2 is 1.94 bits per heavy atom. The van der Waals surface area contributed by atoms with Gasteiger partial charge in [0.25, 0.3) is 0 Å². The van der Waals surface area contributed by atoms with Crippen LogP contribution in [0.5, 0.6) is 0 Å². The summed E-state index contributed by atoms with van der Waals surface area (Å²) in [5, 5.41) is 0. The van der Waals surface area contributed by atoms with E-state index in [0.717, 1.165) is 19.1 Å². The zero-order chi connectivity index (χ0) is 11.7. The summed E-state index contributed by atoms with van der Waals surface area (Å²) in [6.07, 6.45) is 3.90. The minimum Gasteiger partial charge on any atom is -0.299 e. The molecule has 2 fully saturated rings. The number of Topliss-reactive ketones (excluding diaryl/α,β-unsaturated/α-hetero) is 1. The van der Waals surface area contributed by atoms with Crippen LogP contribution < -0.4 is 0 Å². The van der Waals surface area contributed by atoms with Crippen LogP contribution in [0.1, 0.15) is 33.1 Å². The van der Waals surface area contributed by atoms with Crippen LogP contribution in [0, 0.1) is 5.92 Å². The molecule has 0 amide bonds. The van der Waals surface area contributed by atoms with E-state index in [0.29, 0.717) is 18.4 Å². The fourth-order valence-electron chi connectivity index (χ4n) is 2.93. The molecule has 2 saturated heterocycles. The van der Waals surface area contributed by atoms with Crippen molar-refractivity contribution in [3.05, 3.63) is 0 Å². The first-order chi connectivity index (χ1) is 7.58. The van der Waals surface area contributed by atoms with Crippen LogP contribution in [-0.2, 0) is 4.79 Å². The van der Waals surface area contributed by atoms with Gasteiger partial charge in [-0.15, -0.1) is 0 Å². The fraction of sp³-hybridized carbons (Fsp3) is 0.923. The third kappa shape index (κ3) is 2.46. The second-order valence-electron chi connectivity index (χ2n) is 5.70. The Balaban J connectivity index is 1.91. The van der Waals surface area contributed by atoms with Gasteiger partial charge in [-0.25, -0.2) is 0 Å². The summed E-state index contributed by atoms with van der Waals surface area (Å²) >= 11 is 0. The Hall–Kier alpha value is -0.410. The summed E-state index contributed by atoms with van der Waals surface area (Å²) in [4.78, 5) is 16.6. The van der Waals surface area contributed by atoms with Crippen molar-refractivity contribution in [1.29, 1.82) is 0 Å². The predicted octanol–water partition coefficient (Wildman–Crippen LogP) is 1.38. The highest BCUT2D eigenvalue weighted by Gasteiger charge is 2.34. The number of likely N-dealkylation sites (tertiary alicyclic amines) is 1. The lowest BCUT2D eigenvalue weighted by atomic mass is 10.1. The van der Waals surface area contributed by atoms with E-state index >= 15 is 0 Å². The molecule has 0 saturated carbocycles. The van der Waals surface area contributed by atoms with Gasteiger partial charge in [0.05, 0.1) is 6.54 Å². The quantitative estimate of drug-likeness (QED) is 0.723. The third-order valence-electron chi connectivity index (χ3n) is 4.26. The van der Waals surface area contributed by atoms with Crippen LogP contribution in [0.2, 0.25) is 0 Å². The van der Waals surface area contributed by atoms with Crippen molar-refractivity contribution < 1.29 is 4.79 Å². The average molecular weight is 224 g/mol. The lowest BCUT2D eigenvalue weighted by Gasteiger charge is -2.25. The Kier molecular flexibility index (Phi) is 3.65. The van der Waals surface area contributed by atoms with Gasteiger partial charge in [-0.2, -0.15) is 0 Å². The molecule has 2 rings (SSSR count). The molecule has 0 spiro atoms. The van der Waals surface area contributed by atoms with Crippen LogP contribution in [0.25, 0.3) is 0 Å². The highest BCUT2D eigenvalue weighted by Crippen LogP contribution is 2.28.